The number of carbonyl (C=O) groups is 1. The van der Waals surface area contributed by atoms with Crippen LogP contribution < -0.4 is 0 Å². The highest BCUT2D eigenvalue weighted by molar-refractivity contribution is 7.98. The largest absolute Gasteiger partial charge is 0.298 e. The Labute approximate surface area is 160 Å². The van der Waals surface area contributed by atoms with Gasteiger partial charge in [0.05, 0.1) is 17.0 Å². The minimum absolute atomic E-state index is 0.0412. The highest BCUT2D eigenvalue weighted by Gasteiger charge is 2.19. The summed E-state index contributed by atoms with van der Waals surface area (Å²) in [4.78, 5) is 18.0. The molecule has 4 rings (SSSR count). The molecular formula is C22H17FN2OS. The van der Waals surface area contributed by atoms with E-state index in [4.69, 9.17) is 4.98 Å². The van der Waals surface area contributed by atoms with Gasteiger partial charge in [0, 0.05) is 22.2 Å². The number of Topliss-reactive ketones (excluding diaryl/α,β-unsaturated/α-hetero) is 1. The molecule has 0 radical (unpaired) electrons. The first-order chi connectivity index (χ1) is 13.1. The third-order valence-electron chi connectivity index (χ3n) is 4.51. The number of thioether (sulfide) groups is 1. The van der Waals surface area contributed by atoms with Gasteiger partial charge in [0.15, 0.2) is 5.78 Å². The fourth-order valence-corrected chi connectivity index (χ4v) is 3.58. The summed E-state index contributed by atoms with van der Waals surface area (Å²) in [5.74, 6) is -0.330. The Balaban J connectivity index is 2.03. The van der Waals surface area contributed by atoms with E-state index >= 15 is 0 Å². The van der Waals surface area contributed by atoms with Crippen molar-refractivity contribution in [3.8, 4) is 22.5 Å². The SMILES string of the molecule is CSc1ccc(-c2nc3c(C(C)=O)cccn3c2-c2ccc(F)cc2)cc1. The van der Waals surface area contributed by atoms with Gasteiger partial charge >= 0.3 is 0 Å². The molecule has 0 saturated heterocycles. The fourth-order valence-electron chi connectivity index (χ4n) is 3.18. The van der Waals surface area contributed by atoms with Crippen LogP contribution in [-0.4, -0.2) is 21.4 Å². The number of halogens is 1. The van der Waals surface area contributed by atoms with Crippen molar-refractivity contribution in [3.63, 3.8) is 0 Å². The summed E-state index contributed by atoms with van der Waals surface area (Å²) in [7, 11) is 0. The molecule has 0 aliphatic carbocycles. The number of hydrogen-bond acceptors (Lipinski definition) is 3. The lowest BCUT2D eigenvalue weighted by Crippen LogP contribution is -1.98. The Morgan fingerprint density at radius 3 is 2.30 bits per heavy atom. The van der Waals surface area contributed by atoms with Gasteiger partial charge in [0.25, 0.3) is 0 Å². The molecule has 0 spiro atoms. The predicted molar refractivity (Wildman–Crippen MR) is 108 cm³/mol. The van der Waals surface area contributed by atoms with Gasteiger partial charge < -0.3 is 0 Å². The minimum Gasteiger partial charge on any atom is -0.298 e. The Hall–Kier alpha value is -2.92. The quantitative estimate of drug-likeness (QED) is 0.337. The van der Waals surface area contributed by atoms with E-state index in [0.29, 0.717) is 11.2 Å². The van der Waals surface area contributed by atoms with Gasteiger partial charge in [-0.3, -0.25) is 9.20 Å². The van der Waals surface area contributed by atoms with E-state index in [9.17, 15) is 9.18 Å². The van der Waals surface area contributed by atoms with Crippen LogP contribution >= 0.6 is 11.8 Å². The number of aromatic nitrogens is 2. The van der Waals surface area contributed by atoms with Crippen LogP contribution in [0.5, 0.6) is 0 Å². The van der Waals surface area contributed by atoms with Gasteiger partial charge in [-0.2, -0.15) is 0 Å². The normalized spacial score (nSPS) is 11.1. The monoisotopic (exact) mass is 376 g/mol. The number of hydrogen-bond donors (Lipinski definition) is 0. The van der Waals surface area contributed by atoms with Gasteiger partial charge in [-0.15, -0.1) is 11.8 Å². The van der Waals surface area contributed by atoms with Crippen LogP contribution in [0.15, 0.2) is 71.8 Å². The molecule has 2 aromatic carbocycles. The van der Waals surface area contributed by atoms with Crippen LogP contribution in [0.4, 0.5) is 4.39 Å². The molecule has 0 N–H and O–H groups in total. The maximum atomic E-state index is 13.4. The van der Waals surface area contributed by atoms with E-state index in [1.807, 2.05) is 47.2 Å². The maximum Gasteiger partial charge on any atom is 0.163 e. The number of fused-ring (bicyclic) bond motifs is 1. The maximum absolute atomic E-state index is 13.4. The van der Waals surface area contributed by atoms with Crippen LogP contribution in [0.2, 0.25) is 0 Å². The summed E-state index contributed by atoms with van der Waals surface area (Å²) in [6, 6.07) is 18.1. The van der Waals surface area contributed by atoms with Gasteiger partial charge in [-0.05, 0) is 61.7 Å². The highest BCUT2D eigenvalue weighted by atomic mass is 32.2. The summed E-state index contributed by atoms with van der Waals surface area (Å²) < 4.78 is 15.4. The minimum atomic E-state index is -0.289. The summed E-state index contributed by atoms with van der Waals surface area (Å²) in [5.41, 5.74) is 4.56. The van der Waals surface area contributed by atoms with Gasteiger partial charge in [0.1, 0.15) is 11.5 Å². The van der Waals surface area contributed by atoms with Gasteiger partial charge in [0.2, 0.25) is 0 Å². The predicted octanol–water partition coefficient (Wildman–Crippen LogP) is 5.73. The molecule has 5 heteroatoms. The van der Waals surface area contributed by atoms with Crippen molar-refractivity contribution in [2.75, 3.05) is 6.26 Å². The van der Waals surface area contributed by atoms with Crippen molar-refractivity contribution in [3.05, 3.63) is 78.2 Å². The topological polar surface area (TPSA) is 34.4 Å². The number of pyridine rings is 1. The molecule has 0 aliphatic rings. The van der Waals surface area contributed by atoms with E-state index in [-0.39, 0.29) is 11.6 Å². The molecule has 0 bridgehead atoms. The van der Waals surface area contributed by atoms with Crippen molar-refractivity contribution in [2.24, 2.45) is 0 Å². The summed E-state index contributed by atoms with van der Waals surface area (Å²) in [5, 5.41) is 0. The van der Waals surface area contributed by atoms with Crippen LogP contribution in [0.1, 0.15) is 17.3 Å². The molecule has 0 atom stereocenters. The standard InChI is InChI=1S/C22H17FN2OS/c1-14(26)19-4-3-13-25-21(16-5-9-17(23)10-6-16)20(24-22(19)25)15-7-11-18(27-2)12-8-15/h3-13H,1-2H3. The van der Waals surface area contributed by atoms with E-state index in [1.165, 1.54) is 19.1 Å². The molecule has 2 aromatic heterocycles. The van der Waals surface area contributed by atoms with Crippen LogP contribution in [0.3, 0.4) is 0 Å². The van der Waals surface area contributed by atoms with Crippen LogP contribution in [0.25, 0.3) is 28.2 Å². The number of ketones is 1. The zero-order valence-electron chi connectivity index (χ0n) is 14.9. The lowest BCUT2D eigenvalue weighted by atomic mass is 10.0. The molecule has 0 saturated carbocycles. The first-order valence-corrected chi connectivity index (χ1v) is 9.73. The lowest BCUT2D eigenvalue weighted by molar-refractivity contribution is 0.101. The van der Waals surface area contributed by atoms with E-state index in [1.54, 1.807) is 30.0 Å². The van der Waals surface area contributed by atoms with Crippen LogP contribution in [0, 0.1) is 5.82 Å². The molecule has 2 heterocycles. The van der Waals surface area contributed by atoms with Crippen molar-refractivity contribution < 1.29 is 9.18 Å². The molecule has 3 nitrogen and oxygen atoms in total. The van der Waals surface area contributed by atoms with Gasteiger partial charge in [-0.25, -0.2) is 9.37 Å². The van der Waals surface area contributed by atoms with E-state index in [2.05, 4.69) is 0 Å². The molecule has 0 fully saturated rings. The molecule has 4 aromatic rings. The number of rotatable bonds is 4. The molecule has 27 heavy (non-hydrogen) atoms. The average Bonchev–Trinajstić information content (AvgIpc) is 3.08. The first kappa shape index (κ1) is 17.5. The molecule has 0 aliphatic heterocycles. The number of carbonyl (C=O) groups excluding carboxylic acids is 1. The summed E-state index contributed by atoms with van der Waals surface area (Å²) in [6.45, 7) is 1.54. The zero-order valence-corrected chi connectivity index (χ0v) is 15.8. The second-order valence-electron chi connectivity index (χ2n) is 6.22. The average molecular weight is 376 g/mol. The van der Waals surface area contributed by atoms with E-state index in [0.717, 1.165) is 27.4 Å². The fraction of sp³-hybridized carbons (Fsp3) is 0.0909. The number of imidazole rings is 1. The third-order valence-corrected chi connectivity index (χ3v) is 5.25. The third kappa shape index (κ3) is 3.15. The van der Waals surface area contributed by atoms with Crippen LogP contribution in [-0.2, 0) is 0 Å². The molecule has 0 amide bonds. The second-order valence-corrected chi connectivity index (χ2v) is 7.10. The summed E-state index contributed by atoms with van der Waals surface area (Å²) in [6.07, 6.45) is 3.91. The number of benzene rings is 2. The lowest BCUT2D eigenvalue weighted by Gasteiger charge is -2.07. The Morgan fingerprint density at radius 2 is 1.67 bits per heavy atom. The summed E-state index contributed by atoms with van der Waals surface area (Å²) >= 11 is 1.67. The number of nitrogens with zero attached hydrogens (tertiary/aromatic N) is 2. The highest BCUT2D eigenvalue weighted by Crippen LogP contribution is 2.34. The van der Waals surface area contributed by atoms with Crippen molar-refractivity contribution in [2.45, 2.75) is 11.8 Å². The van der Waals surface area contributed by atoms with E-state index < -0.39 is 0 Å². The first-order valence-electron chi connectivity index (χ1n) is 8.51. The Kier molecular flexibility index (Phi) is 4.54. The Morgan fingerprint density at radius 1 is 1.00 bits per heavy atom. The van der Waals surface area contributed by atoms with Gasteiger partial charge in [-0.1, -0.05) is 12.1 Å². The molecule has 134 valence electrons. The molecular weight excluding hydrogens is 359 g/mol. The van der Waals surface area contributed by atoms with Crippen molar-refractivity contribution in [1.82, 2.24) is 9.38 Å². The van der Waals surface area contributed by atoms with Crippen molar-refractivity contribution >= 4 is 23.2 Å². The van der Waals surface area contributed by atoms with Crippen molar-refractivity contribution in [1.29, 1.82) is 0 Å². The Bertz CT molecular complexity index is 1130. The zero-order chi connectivity index (χ0) is 19.0. The second kappa shape index (κ2) is 7.00. The molecule has 0 unspecified atom stereocenters. The smallest absolute Gasteiger partial charge is 0.163 e.